The quantitative estimate of drug-likeness (QED) is 0.142. The van der Waals surface area contributed by atoms with Gasteiger partial charge in [-0.1, -0.05) is 165 Å². The highest BCUT2D eigenvalue weighted by molar-refractivity contribution is 6.21. The summed E-state index contributed by atoms with van der Waals surface area (Å²) in [5.74, 6) is 0. The van der Waals surface area contributed by atoms with Crippen LogP contribution in [-0.2, 0) is 0 Å². The van der Waals surface area contributed by atoms with Crippen molar-refractivity contribution in [3.05, 3.63) is 248 Å². The number of hydrogen-bond acceptors (Lipinski definition) is 2. The number of benzene rings is 9. The highest BCUT2D eigenvalue weighted by atomic mass is 15.1. The third kappa shape index (κ3) is 6.54. The molecule has 1 unspecified atom stereocenters. The molecule has 0 amide bonds. The van der Waals surface area contributed by atoms with E-state index in [1.165, 1.54) is 60.2 Å². The number of hydrogen-bond donors (Lipinski definition) is 0. The summed E-state index contributed by atoms with van der Waals surface area (Å²) in [6.07, 6.45) is 15.1. The van der Waals surface area contributed by atoms with Gasteiger partial charge in [0, 0.05) is 39.5 Å². The number of rotatable bonds is 8. The lowest BCUT2D eigenvalue weighted by Crippen LogP contribution is -2.19. The third-order valence-electron chi connectivity index (χ3n) is 12.5. The summed E-state index contributed by atoms with van der Waals surface area (Å²) in [6.45, 7) is 2.36. The maximum absolute atomic E-state index is 2.44. The van der Waals surface area contributed by atoms with Gasteiger partial charge in [-0.2, -0.15) is 0 Å². The van der Waals surface area contributed by atoms with Crippen LogP contribution in [-0.4, -0.2) is 0 Å². The van der Waals surface area contributed by atoms with E-state index in [2.05, 4.69) is 253 Å². The van der Waals surface area contributed by atoms with Crippen LogP contribution in [0.5, 0.6) is 0 Å². The third-order valence-corrected chi connectivity index (χ3v) is 12.5. The standard InChI is InChI=1S/C59H44N2/c1-59-36-17-16-20-46(59)39-45(35-37-59)58-54-34-32-51(60(47-21-6-2-7-22-47)48-23-8-3-9-24-48)40-55(54)57(44-30-29-42-18-14-15-19-43(42)38-44)53-33-31-52(41-56(53)58)61(49-25-10-4-11-26-49)50-27-12-5-13-28-50/h2-35,37-41H,36H2,1H3. The summed E-state index contributed by atoms with van der Waals surface area (Å²) in [6, 6.07) is 72.8. The molecule has 0 aliphatic heterocycles. The first-order valence-electron chi connectivity index (χ1n) is 21.2. The fraction of sp³-hybridized carbons (Fsp3) is 0.0508. The van der Waals surface area contributed by atoms with E-state index in [4.69, 9.17) is 0 Å². The molecule has 0 fully saturated rings. The van der Waals surface area contributed by atoms with E-state index in [0.29, 0.717) is 0 Å². The summed E-state index contributed by atoms with van der Waals surface area (Å²) in [4.78, 5) is 4.75. The van der Waals surface area contributed by atoms with Gasteiger partial charge in [0.25, 0.3) is 0 Å². The second-order valence-electron chi connectivity index (χ2n) is 16.4. The van der Waals surface area contributed by atoms with Gasteiger partial charge in [0.1, 0.15) is 0 Å². The normalized spacial score (nSPS) is 15.7. The van der Waals surface area contributed by atoms with E-state index < -0.39 is 0 Å². The highest BCUT2D eigenvalue weighted by Gasteiger charge is 2.30. The molecule has 0 bridgehead atoms. The Kier molecular flexibility index (Phi) is 9.05. The number of para-hydroxylation sites is 4. The Hall–Kier alpha value is -7.68. The minimum Gasteiger partial charge on any atom is -0.310 e. The summed E-state index contributed by atoms with van der Waals surface area (Å²) < 4.78 is 0. The Morgan fingerprint density at radius 3 is 1.48 bits per heavy atom. The minimum absolute atomic E-state index is 0.0312. The first-order valence-corrected chi connectivity index (χ1v) is 21.2. The van der Waals surface area contributed by atoms with Crippen LogP contribution in [0.1, 0.15) is 18.9 Å². The van der Waals surface area contributed by atoms with Crippen molar-refractivity contribution < 1.29 is 0 Å². The zero-order valence-electron chi connectivity index (χ0n) is 34.1. The fourth-order valence-corrected chi connectivity index (χ4v) is 9.47. The minimum atomic E-state index is -0.0312. The molecule has 9 aromatic rings. The number of nitrogens with zero attached hydrogens (tertiary/aromatic N) is 2. The smallest absolute Gasteiger partial charge is 0.0468 e. The first-order chi connectivity index (χ1) is 30.1. The Balaban J connectivity index is 1.25. The Morgan fingerprint density at radius 2 is 0.918 bits per heavy atom. The van der Waals surface area contributed by atoms with Crippen molar-refractivity contribution >= 4 is 72.0 Å². The molecule has 2 aliphatic rings. The van der Waals surface area contributed by atoms with E-state index >= 15 is 0 Å². The zero-order valence-corrected chi connectivity index (χ0v) is 34.1. The van der Waals surface area contributed by atoms with Gasteiger partial charge in [-0.3, -0.25) is 0 Å². The highest BCUT2D eigenvalue weighted by Crippen LogP contribution is 2.50. The Labute approximate surface area is 358 Å². The predicted octanol–water partition coefficient (Wildman–Crippen LogP) is 16.6. The maximum Gasteiger partial charge on any atom is 0.0468 e. The molecule has 2 nitrogen and oxygen atoms in total. The molecule has 1 atom stereocenters. The molecule has 11 rings (SSSR count). The van der Waals surface area contributed by atoms with Crippen molar-refractivity contribution in [2.24, 2.45) is 5.41 Å². The lowest BCUT2D eigenvalue weighted by atomic mass is 9.71. The molecule has 2 aliphatic carbocycles. The van der Waals surface area contributed by atoms with Crippen molar-refractivity contribution in [2.75, 3.05) is 9.80 Å². The van der Waals surface area contributed by atoms with Crippen LogP contribution >= 0.6 is 0 Å². The predicted molar refractivity (Wildman–Crippen MR) is 261 cm³/mol. The number of allylic oxidation sites excluding steroid dienone is 8. The molecule has 2 heteroatoms. The van der Waals surface area contributed by atoms with Gasteiger partial charge in [-0.25, -0.2) is 0 Å². The van der Waals surface area contributed by atoms with Crippen LogP contribution in [0, 0.1) is 5.41 Å². The molecule has 0 N–H and O–H groups in total. The molecule has 0 saturated carbocycles. The van der Waals surface area contributed by atoms with Crippen LogP contribution in [0.25, 0.3) is 49.0 Å². The van der Waals surface area contributed by atoms with E-state index in [9.17, 15) is 0 Å². The molecule has 9 aromatic carbocycles. The molecule has 0 saturated heterocycles. The van der Waals surface area contributed by atoms with Crippen LogP contribution < -0.4 is 9.80 Å². The number of anilines is 6. The average molecular weight is 781 g/mol. The SMILES string of the molecule is CC12C=CC(c3c4cc(N(c5ccccc5)c5ccccc5)ccc4c(-c4ccc5ccccc5c4)c4cc(N(c5ccccc5)c5ccccc5)ccc34)=CC1=CC=CC2. The van der Waals surface area contributed by atoms with Gasteiger partial charge in [-0.05, 0) is 145 Å². The van der Waals surface area contributed by atoms with E-state index in [-0.39, 0.29) is 5.41 Å². The largest absolute Gasteiger partial charge is 0.310 e. The summed E-state index contributed by atoms with van der Waals surface area (Å²) in [5.41, 5.74) is 12.9. The Morgan fingerprint density at radius 1 is 0.426 bits per heavy atom. The van der Waals surface area contributed by atoms with Gasteiger partial charge >= 0.3 is 0 Å². The van der Waals surface area contributed by atoms with Crippen molar-refractivity contribution in [1.29, 1.82) is 0 Å². The van der Waals surface area contributed by atoms with Crippen molar-refractivity contribution in [3.8, 4) is 11.1 Å². The van der Waals surface area contributed by atoms with Crippen molar-refractivity contribution in [3.63, 3.8) is 0 Å². The number of fused-ring (bicyclic) bond motifs is 4. The monoisotopic (exact) mass is 780 g/mol. The van der Waals surface area contributed by atoms with E-state index in [1.54, 1.807) is 0 Å². The average Bonchev–Trinajstić information content (AvgIpc) is 3.32. The zero-order chi connectivity index (χ0) is 40.8. The van der Waals surface area contributed by atoms with Crippen LogP contribution in [0.2, 0.25) is 0 Å². The molecular formula is C59H44N2. The second kappa shape index (κ2) is 15.2. The topological polar surface area (TPSA) is 6.48 Å². The summed E-state index contributed by atoms with van der Waals surface area (Å²) >= 11 is 0. The van der Waals surface area contributed by atoms with Crippen LogP contribution in [0.15, 0.2) is 242 Å². The van der Waals surface area contributed by atoms with Gasteiger partial charge in [0.15, 0.2) is 0 Å². The molecule has 0 heterocycles. The van der Waals surface area contributed by atoms with Gasteiger partial charge in [0.2, 0.25) is 0 Å². The molecule has 290 valence electrons. The van der Waals surface area contributed by atoms with Crippen LogP contribution in [0.4, 0.5) is 34.1 Å². The van der Waals surface area contributed by atoms with E-state index in [1.807, 2.05) is 0 Å². The van der Waals surface area contributed by atoms with E-state index in [0.717, 1.165) is 40.5 Å². The second-order valence-corrected chi connectivity index (χ2v) is 16.4. The molecule has 61 heavy (non-hydrogen) atoms. The van der Waals surface area contributed by atoms with Crippen LogP contribution in [0.3, 0.4) is 0 Å². The van der Waals surface area contributed by atoms with Gasteiger partial charge in [0.05, 0.1) is 0 Å². The molecular weight excluding hydrogens is 737 g/mol. The molecule has 0 radical (unpaired) electrons. The van der Waals surface area contributed by atoms with Crippen molar-refractivity contribution in [2.45, 2.75) is 13.3 Å². The lowest BCUT2D eigenvalue weighted by Gasteiger charge is -2.33. The van der Waals surface area contributed by atoms with Gasteiger partial charge in [-0.15, -0.1) is 0 Å². The Bertz CT molecular complexity index is 3140. The summed E-state index contributed by atoms with van der Waals surface area (Å²) in [7, 11) is 0. The lowest BCUT2D eigenvalue weighted by molar-refractivity contribution is 0.527. The fourth-order valence-electron chi connectivity index (χ4n) is 9.47. The van der Waals surface area contributed by atoms with Gasteiger partial charge < -0.3 is 9.80 Å². The molecule has 0 spiro atoms. The molecule has 0 aromatic heterocycles. The maximum atomic E-state index is 2.44. The summed E-state index contributed by atoms with van der Waals surface area (Å²) in [5, 5.41) is 7.31. The van der Waals surface area contributed by atoms with Crippen molar-refractivity contribution in [1.82, 2.24) is 0 Å². The first kappa shape index (κ1) is 36.4.